The van der Waals surface area contributed by atoms with Gasteiger partial charge in [0.15, 0.2) is 6.10 Å². The summed E-state index contributed by atoms with van der Waals surface area (Å²) in [6.07, 6.45) is 90.9. The van der Waals surface area contributed by atoms with E-state index in [2.05, 4.69) is 93.7 Å². The molecule has 0 aliphatic rings. The van der Waals surface area contributed by atoms with Crippen LogP contribution >= 0.6 is 0 Å². The van der Waals surface area contributed by atoms with E-state index in [-0.39, 0.29) is 31.1 Å². The Kier molecular flexibility index (Phi) is 66.6. The molecule has 0 aromatic carbocycles. The van der Waals surface area contributed by atoms with Gasteiger partial charge in [0, 0.05) is 19.3 Å². The molecule has 470 valence electrons. The Bertz CT molecular complexity index is 1490. The van der Waals surface area contributed by atoms with Crippen molar-refractivity contribution in [1.82, 2.24) is 0 Å². The summed E-state index contributed by atoms with van der Waals surface area (Å²) in [7, 11) is 0. The van der Waals surface area contributed by atoms with E-state index >= 15 is 0 Å². The lowest BCUT2D eigenvalue weighted by molar-refractivity contribution is -0.167. The summed E-state index contributed by atoms with van der Waals surface area (Å²) in [5, 5.41) is 0. The Labute approximate surface area is 503 Å². The third kappa shape index (κ3) is 67.5. The van der Waals surface area contributed by atoms with E-state index in [9.17, 15) is 14.4 Å². The van der Waals surface area contributed by atoms with Crippen molar-refractivity contribution in [3.05, 3.63) is 72.9 Å². The number of unbranched alkanes of at least 4 members (excludes halogenated alkanes) is 42. The number of hydrogen-bond acceptors (Lipinski definition) is 6. The Morgan fingerprint density at radius 1 is 0.259 bits per heavy atom. The van der Waals surface area contributed by atoms with E-state index in [4.69, 9.17) is 14.2 Å². The molecule has 0 bridgehead atoms. The van der Waals surface area contributed by atoms with Gasteiger partial charge >= 0.3 is 17.9 Å². The van der Waals surface area contributed by atoms with Gasteiger partial charge in [-0.15, -0.1) is 0 Å². The number of esters is 3. The van der Waals surface area contributed by atoms with E-state index < -0.39 is 6.10 Å². The molecule has 6 nitrogen and oxygen atoms in total. The monoisotopic (exact) mass is 1130 g/mol. The Hall–Kier alpha value is -3.15. The van der Waals surface area contributed by atoms with Crippen molar-refractivity contribution in [2.75, 3.05) is 13.2 Å². The summed E-state index contributed by atoms with van der Waals surface area (Å²) in [5.41, 5.74) is 0. The fourth-order valence-electron chi connectivity index (χ4n) is 10.4. The number of allylic oxidation sites excluding steroid dienone is 12. The quantitative estimate of drug-likeness (QED) is 0.0261. The van der Waals surface area contributed by atoms with Gasteiger partial charge in [-0.25, -0.2) is 0 Å². The first-order valence-electron chi connectivity index (χ1n) is 35.4. The second-order valence-electron chi connectivity index (χ2n) is 23.8. The molecular weight excluding hydrogens is 997 g/mol. The molecule has 0 heterocycles. The summed E-state index contributed by atoms with van der Waals surface area (Å²) in [6, 6.07) is 0. The van der Waals surface area contributed by atoms with E-state index in [0.717, 1.165) is 103 Å². The van der Waals surface area contributed by atoms with Gasteiger partial charge in [0.25, 0.3) is 0 Å². The van der Waals surface area contributed by atoms with Crippen LogP contribution in [0.2, 0.25) is 0 Å². The van der Waals surface area contributed by atoms with Crippen LogP contribution in [0, 0.1) is 0 Å². The SMILES string of the molecule is CC/C=C\C/C=C\C/C=C\C/C=C\C/C=C\CCCCCC(=O)OC(COC(=O)CCCCCCC/C=C\CCCCCCC)COC(=O)CCCCCCCCCCCCCCCCCCCCCCCCCCCCCCCC. The second-order valence-corrected chi connectivity index (χ2v) is 23.8. The van der Waals surface area contributed by atoms with Gasteiger partial charge in [0.05, 0.1) is 0 Å². The summed E-state index contributed by atoms with van der Waals surface area (Å²) in [4.78, 5) is 38.4. The van der Waals surface area contributed by atoms with E-state index in [0.29, 0.717) is 19.3 Å². The zero-order chi connectivity index (χ0) is 58.5. The third-order valence-corrected chi connectivity index (χ3v) is 15.7. The number of ether oxygens (including phenoxy) is 3. The highest BCUT2D eigenvalue weighted by Gasteiger charge is 2.19. The zero-order valence-electron chi connectivity index (χ0n) is 54.1. The molecule has 0 aliphatic carbocycles. The van der Waals surface area contributed by atoms with Gasteiger partial charge < -0.3 is 14.2 Å². The maximum Gasteiger partial charge on any atom is 0.306 e. The molecule has 6 heteroatoms. The molecule has 0 spiro atoms. The summed E-state index contributed by atoms with van der Waals surface area (Å²) >= 11 is 0. The Morgan fingerprint density at radius 3 is 0.778 bits per heavy atom. The van der Waals surface area contributed by atoms with Crippen LogP contribution in [0.25, 0.3) is 0 Å². The predicted molar refractivity (Wildman–Crippen MR) is 353 cm³/mol. The molecule has 0 rings (SSSR count). The van der Waals surface area contributed by atoms with Crippen LogP contribution in [-0.2, 0) is 28.6 Å². The maximum absolute atomic E-state index is 12.9. The minimum atomic E-state index is -0.797. The van der Waals surface area contributed by atoms with Crippen molar-refractivity contribution in [2.24, 2.45) is 0 Å². The van der Waals surface area contributed by atoms with Gasteiger partial charge in [-0.2, -0.15) is 0 Å². The van der Waals surface area contributed by atoms with Crippen LogP contribution in [0.15, 0.2) is 72.9 Å². The molecule has 0 saturated carbocycles. The lowest BCUT2D eigenvalue weighted by Crippen LogP contribution is -2.30. The fraction of sp³-hybridized carbons (Fsp3) is 0.800. The standard InChI is InChI=1S/C75H134O6/c1-4-7-10-13-16-19-22-25-28-30-32-33-34-35-36-37-38-39-40-41-42-44-45-47-50-53-56-59-62-65-68-74(77)80-71-72(70-79-73(76)67-64-61-58-55-52-49-27-24-21-18-15-12-9-6-3)81-75(78)69-66-63-60-57-54-51-48-46-43-31-29-26-23-20-17-14-11-8-5-2/h8,11,17,20,24,26-27,29,43,46,51,54,72H,4-7,9-10,12-16,18-19,21-23,25,28,30-42,44-45,47-50,52-53,55-71H2,1-3H3/b11-8-,20-17-,27-24-,29-26-,46-43-,54-51-. The van der Waals surface area contributed by atoms with Crippen LogP contribution in [0.4, 0.5) is 0 Å². The van der Waals surface area contributed by atoms with E-state index in [1.807, 2.05) is 0 Å². The first kappa shape index (κ1) is 77.9. The zero-order valence-corrected chi connectivity index (χ0v) is 54.1. The predicted octanol–water partition coefficient (Wildman–Crippen LogP) is 24.4. The maximum atomic E-state index is 12.9. The molecule has 0 saturated heterocycles. The molecule has 0 aliphatic heterocycles. The summed E-state index contributed by atoms with van der Waals surface area (Å²) in [6.45, 7) is 6.54. The molecule has 1 unspecified atom stereocenters. The van der Waals surface area contributed by atoms with Gasteiger partial charge in [-0.1, -0.05) is 331 Å². The van der Waals surface area contributed by atoms with Gasteiger partial charge in [-0.3, -0.25) is 14.4 Å². The van der Waals surface area contributed by atoms with Crippen molar-refractivity contribution < 1.29 is 28.6 Å². The molecule has 0 radical (unpaired) electrons. The van der Waals surface area contributed by atoms with Crippen molar-refractivity contribution in [2.45, 2.75) is 374 Å². The van der Waals surface area contributed by atoms with E-state index in [1.54, 1.807) is 0 Å². The molecule has 81 heavy (non-hydrogen) atoms. The van der Waals surface area contributed by atoms with Crippen LogP contribution in [0.5, 0.6) is 0 Å². The molecule has 0 aromatic rings. The van der Waals surface area contributed by atoms with Crippen LogP contribution in [-0.4, -0.2) is 37.2 Å². The first-order chi connectivity index (χ1) is 40.0. The van der Waals surface area contributed by atoms with Crippen molar-refractivity contribution in [3.63, 3.8) is 0 Å². The molecule has 0 N–H and O–H groups in total. The van der Waals surface area contributed by atoms with Crippen LogP contribution < -0.4 is 0 Å². The molecule has 0 amide bonds. The fourth-order valence-corrected chi connectivity index (χ4v) is 10.4. The summed E-state index contributed by atoms with van der Waals surface area (Å²) < 4.78 is 16.9. The average Bonchev–Trinajstić information content (AvgIpc) is 3.47. The van der Waals surface area contributed by atoms with Crippen LogP contribution in [0.3, 0.4) is 0 Å². The van der Waals surface area contributed by atoms with Gasteiger partial charge in [-0.05, 0) is 89.9 Å². The minimum Gasteiger partial charge on any atom is -0.462 e. The molecule has 0 fully saturated rings. The number of carbonyl (C=O) groups is 3. The van der Waals surface area contributed by atoms with Crippen molar-refractivity contribution in [1.29, 1.82) is 0 Å². The van der Waals surface area contributed by atoms with Gasteiger partial charge in [0.2, 0.25) is 0 Å². The van der Waals surface area contributed by atoms with Crippen LogP contribution in [0.1, 0.15) is 367 Å². The number of carbonyl (C=O) groups excluding carboxylic acids is 3. The second kappa shape index (κ2) is 69.3. The molecule has 0 aromatic heterocycles. The smallest absolute Gasteiger partial charge is 0.306 e. The highest BCUT2D eigenvalue weighted by atomic mass is 16.6. The lowest BCUT2D eigenvalue weighted by atomic mass is 10.0. The Morgan fingerprint density at radius 2 is 0.481 bits per heavy atom. The minimum absolute atomic E-state index is 0.0885. The third-order valence-electron chi connectivity index (χ3n) is 15.7. The lowest BCUT2D eigenvalue weighted by Gasteiger charge is -2.18. The average molecular weight is 1130 g/mol. The molecule has 1 atom stereocenters. The summed E-state index contributed by atoms with van der Waals surface area (Å²) in [5.74, 6) is -0.911. The normalized spacial score (nSPS) is 12.5. The highest BCUT2D eigenvalue weighted by molar-refractivity contribution is 5.71. The van der Waals surface area contributed by atoms with Gasteiger partial charge in [0.1, 0.15) is 13.2 Å². The van der Waals surface area contributed by atoms with E-state index in [1.165, 1.54) is 225 Å². The van der Waals surface area contributed by atoms with Crippen molar-refractivity contribution in [3.8, 4) is 0 Å². The topological polar surface area (TPSA) is 78.9 Å². The first-order valence-corrected chi connectivity index (χ1v) is 35.4. The van der Waals surface area contributed by atoms with Crippen molar-refractivity contribution >= 4 is 17.9 Å². The highest BCUT2D eigenvalue weighted by Crippen LogP contribution is 2.18. The number of hydrogen-bond donors (Lipinski definition) is 0. The molecular formula is C75H134O6. The Balaban J connectivity index is 4.24. The largest absolute Gasteiger partial charge is 0.462 e. The number of rotatable bonds is 65.